The second kappa shape index (κ2) is 7.55. The van der Waals surface area contributed by atoms with Crippen LogP contribution in [0.5, 0.6) is 0 Å². The van der Waals surface area contributed by atoms with Crippen molar-refractivity contribution in [3.63, 3.8) is 0 Å². The van der Waals surface area contributed by atoms with Crippen molar-refractivity contribution in [2.24, 2.45) is 0 Å². The van der Waals surface area contributed by atoms with E-state index in [0.717, 1.165) is 31.5 Å². The number of nitrogens with one attached hydrogen (secondary N) is 1. The zero-order valence-electron chi connectivity index (χ0n) is 13.2. The quantitative estimate of drug-likeness (QED) is 0.887. The summed E-state index contributed by atoms with van der Waals surface area (Å²) in [7, 11) is 0. The van der Waals surface area contributed by atoms with Crippen molar-refractivity contribution >= 4 is 5.69 Å². The summed E-state index contributed by atoms with van der Waals surface area (Å²) in [5.74, 6) is -0.363. The van der Waals surface area contributed by atoms with E-state index in [2.05, 4.69) is 10.2 Å². The van der Waals surface area contributed by atoms with Crippen LogP contribution >= 0.6 is 0 Å². The maximum absolute atomic E-state index is 14.1. The second-order valence-corrected chi connectivity index (χ2v) is 6.03. The largest absolute Gasteiger partial charge is 0.369 e. The first-order valence-electron chi connectivity index (χ1n) is 8.21. The van der Waals surface area contributed by atoms with Crippen molar-refractivity contribution in [1.29, 1.82) is 0 Å². The minimum atomic E-state index is -0.201. The Morgan fingerprint density at radius 2 is 1.65 bits per heavy atom. The fraction of sp³-hybridized carbons (Fsp3) is 0.368. The van der Waals surface area contributed by atoms with Crippen LogP contribution in [0, 0.1) is 11.6 Å². The lowest BCUT2D eigenvalue weighted by molar-refractivity contribution is 0.555. The van der Waals surface area contributed by atoms with Crippen LogP contribution in [0.1, 0.15) is 30.4 Å². The Labute approximate surface area is 136 Å². The fourth-order valence-corrected chi connectivity index (χ4v) is 3.03. The highest BCUT2D eigenvalue weighted by molar-refractivity contribution is 5.50. The molecule has 4 heteroatoms. The van der Waals surface area contributed by atoms with Gasteiger partial charge < -0.3 is 10.2 Å². The van der Waals surface area contributed by atoms with Crippen LogP contribution in [0.15, 0.2) is 42.5 Å². The van der Waals surface area contributed by atoms with Gasteiger partial charge in [0.25, 0.3) is 0 Å². The Bertz CT molecular complexity index is 652. The van der Waals surface area contributed by atoms with Crippen molar-refractivity contribution in [2.45, 2.75) is 32.4 Å². The number of rotatable bonds is 5. The molecule has 1 fully saturated rings. The Morgan fingerprint density at radius 3 is 2.43 bits per heavy atom. The molecule has 1 N–H and O–H groups in total. The summed E-state index contributed by atoms with van der Waals surface area (Å²) in [4.78, 5) is 2.12. The van der Waals surface area contributed by atoms with E-state index in [-0.39, 0.29) is 11.6 Å². The van der Waals surface area contributed by atoms with Gasteiger partial charge in [-0.25, -0.2) is 8.78 Å². The number of anilines is 1. The molecule has 0 aliphatic carbocycles. The monoisotopic (exact) mass is 316 g/mol. The standard InChI is InChI=1S/C19H22F2N2/c20-17-7-3-2-6-16(17)14-22-13-15-8-9-18(21)19(12-15)23-10-4-1-5-11-23/h2-3,6-9,12,22H,1,4-5,10-11,13-14H2. The highest BCUT2D eigenvalue weighted by atomic mass is 19.1. The number of piperidine rings is 1. The van der Waals surface area contributed by atoms with Gasteiger partial charge in [-0.05, 0) is 43.0 Å². The summed E-state index contributed by atoms with van der Waals surface area (Å²) >= 11 is 0. The molecule has 0 spiro atoms. The minimum absolute atomic E-state index is 0.162. The van der Waals surface area contributed by atoms with E-state index in [9.17, 15) is 8.78 Å². The predicted octanol–water partition coefficient (Wildman–Crippen LogP) is 4.24. The molecule has 0 bridgehead atoms. The lowest BCUT2D eigenvalue weighted by atomic mass is 10.1. The lowest BCUT2D eigenvalue weighted by Crippen LogP contribution is -2.30. The molecule has 0 unspecified atom stereocenters. The van der Waals surface area contributed by atoms with E-state index < -0.39 is 0 Å². The van der Waals surface area contributed by atoms with Crippen molar-refractivity contribution in [2.75, 3.05) is 18.0 Å². The lowest BCUT2D eigenvalue weighted by Gasteiger charge is -2.29. The maximum atomic E-state index is 14.1. The molecule has 0 radical (unpaired) electrons. The van der Waals surface area contributed by atoms with Crippen molar-refractivity contribution < 1.29 is 8.78 Å². The third kappa shape index (κ3) is 4.08. The second-order valence-electron chi connectivity index (χ2n) is 6.03. The van der Waals surface area contributed by atoms with Gasteiger partial charge in [-0.3, -0.25) is 0 Å². The van der Waals surface area contributed by atoms with Gasteiger partial charge in [0.05, 0.1) is 5.69 Å². The number of nitrogens with zero attached hydrogens (tertiary/aromatic N) is 1. The Kier molecular flexibility index (Phi) is 5.23. The van der Waals surface area contributed by atoms with Crippen LogP contribution in [0.3, 0.4) is 0 Å². The first-order chi connectivity index (χ1) is 11.2. The van der Waals surface area contributed by atoms with E-state index >= 15 is 0 Å². The normalized spacial score (nSPS) is 15.0. The molecule has 3 rings (SSSR count). The fourth-order valence-electron chi connectivity index (χ4n) is 3.03. The molecular weight excluding hydrogens is 294 g/mol. The van der Waals surface area contributed by atoms with Crippen LogP contribution in [-0.2, 0) is 13.1 Å². The van der Waals surface area contributed by atoms with Gasteiger partial charge in [-0.15, -0.1) is 0 Å². The van der Waals surface area contributed by atoms with Crippen LogP contribution in [0.2, 0.25) is 0 Å². The van der Waals surface area contributed by atoms with Crippen molar-refractivity contribution in [3.8, 4) is 0 Å². The van der Waals surface area contributed by atoms with Gasteiger partial charge >= 0.3 is 0 Å². The summed E-state index contributed by atoms with van der Waals surface area (Å²) in [6, 6.07) is 12.0. The number of benzene rings is 2. The molecule has 1 saturated heterocycles. The van der Waals surface area contributed by atoms with Crippen molar-refractivity contribution in [1.82, 2.24) is 5.32 Å². The average molecular weight is 316 g/mol. The van der Waals surface area contributed by atoms with Gasteiger partial charge in [-0.2, -0.15) is 0 Å². The van der Waals surface area contributed by atoms with Gasteiger partial charge in [0.1, 0.15) is 11.6 Å². The first kappa shape index (κ1) is 15.9. The zero-order valence-corrected chi connectivity index (χ0v) is 13.2. The molecule has 2 nitrogen and oxygen atoms in total. The van der Waals surface area contributed by atoms with Gasteiger partial charge in [0, 0.05) is 31.7 Å². The van der Waals surface area contributed by atoms with Crippen LogP contribution in [-0.4, -0.2) is 13.1 Å². The molecule has 1 heterocycles. The minimum Gasteiger partial charge on any atom is -0.369 e. The number of hydrogen-bond acceptors (Lipinski definition) is 2. The summed E-state index contributed by atoms with van der Waals surface area (Å²) in [5.41, 5.74) is 2.35. The zero-order chi connectivity index (χ0) is 16.1. The molecule has 1 aliphatic rings. The third-order valence-electron chi connectivity index (χ3n) is 4.31. The van der Waals surface area contributed by atoms with Gasteiger partial charge in [-0.1, -0.05) is 24.3 Å². The molecule has 0 aromatic heterocycles. The van der Waals surface area contributed by atoms with Crippen LogP contribution in [0.4, 0.5) is 14.5 Å². The summed E-state index contributed by atoms with van der Waals surface area (Å²) in [6.45, 7) is 2.89. The Hall–Kier alpha value is -1.94. The Morgan fingerprint density at radius 1 is 0.870 bits per heavy atom. The average Bonchev–Trinajstić information content (AvgIpc) is 2.59. The molecular formula is C19H22F2N2. The van der Waals surface area contributed by atoms with E-state index in [4.69, 9.17) is 0 Å². The van der Waals surface area contributed by atoms with E-state index in [1.807, 2.05) is 12.1 Å². The molecule has 122 valence electrons. The maximum Gasteiger partial charge on any atom is 0.146 e. The first-order valence-corrected chi connectivity index (χ1v) is 8.21. The molecule has 2 aromatic carbocycles. The molecule has 0 saturated carbocycles. The molecule has 2 aromatic rings. The van der Waals surface area contributed by atoms with Crippen LogP contribution < -0.4 is 10.2 Å². The molecule has 0 amide bonds. The topological polar surface area (TPSA) is 15.3 Å². The molecule has 23 heavy (non-hydrogen) atoms. The smallest absolute Gasteiger partial charge is 0.146 e. The number of hydrogen-bond donors (Lipinski definition) is 1. The summed E-state index contributed by atoms with van der Waals surface area (Å²) in [5, 5.41) is 3.23. The third-order valence-corrected chi connectivity index (χ3v) is 4.31. The highest BCUT2D eigenvalue weighted by Crippen LogP contribution is 2.24. The summed E-state index contributed by atoms with van der Waals surface area (Å²) in [6.07, 6.45) is 3.46. The molecule has 0 atom stereocenters. The SMILES string of the molecule is Fc1ccccc1CNCc1ccc(F)c(N2CCCCC2)c1. The Balaban J connectivity index is 1.63. The van der Waals surface area contributed by atoms with Gasteiger partial charge in [0.15, 0.2) is 0 Å². The number of halogens is 2. The van der Waals surface area contributed by atoms with Crippen LogP contribution in [0.25, 0.3) is 0 Å². The van der Waals surface area contributed by atoms with E-state index in [1.54, 1.807) is 18.2 Å². The highest BCUT2D eigenvalue weighted by Gasteiger charge is 2.15. The van der Waals surface area contributed by atoms with E-state index in [1.165, 1.54) is 18.6 Å². The van der Waals surface area contributed by atoms with Gasteiger partial charge in [0.2, 0.25) is 0 Å². The predicted molar refractivity (Wildman–Crippen MR) is 89.4 cm³/mol. The van der Waals surface area contributed by atoms with Crippen molar-refractivity contribution in [3.05, 3.63) is 65.2 Å². The molecule has 1 aliphatic heterocycles. The van der Waals surface area contributed by atoms with E-state index in [0.29, 0.717) is 24.3 Å². The summed E-state index contributed by atoms with van der Waals surface area (Å²) < 4.78 is 27.7.